The molecule has 1 atom stereocenters. The minimum Gasteiger partial charge on any atom is -0.476 e. The molecule has 0 bridgehead atoms. The van der Waals surface area contributed by atoms with E-state index in [1.165, 1.54) is 4.57 Å². The molecule has 7 heteroatoms. The summed E-state index contributed by atoms with van der Waals surface area (Å²) in [6.45, 7) is 2.17. The van der Waals surface area contributed by atoms with Crippen LogP contribution in [0.2, 0.25) is 0 Å². The number of hydrogen-bond acceptors (Lipinski definition) is 4. The Kier molecular flexibility index (Phi) is 4.57. The molecular formula is C21H19N3O4. The fourth-order valence-corrected chi connectivity index (χ4v) is 3.33. The van der Waals surface area contributed by atoms with E-state index in [0.717, 1.165) is 4.57 Å². The molecule has 1 unspecified atom stereocenters. The molecule has 1 amide bonds. The number of carbonyl (C=O) groups is 1. The van der Waals surface area contributed by atoms with Gasteiger partial charge < -0.3 is 10.1 Å². The Labute approximate surface area is 160 Å². The molecule has 0 spiro atoms. The predicted molar refractivity (Wildman–Crippen MR) is 106 cm³/mol. The number of anilines is 1. The maximum absolute atomic E-state index is 13.2. The summed E-state index contributed by atoms with van der Waals surface area (Å²) >= 11 is 0. The van der Waals surface area contributed by atoms with Crippen molar-refractivity contribution in [1.82, 2.24) is 9.13 Å². The molecular weight excluding hydrogens is 358 g/mol. The number of ether oxygens (including phenoxy) is 1. The Hall–Kier alpha value is -3.61. The van der Waals surface area contributed by atoms with Crippen molar-refractivity contribution in [2.45, 2.75) is 19.4 Å². The highest BCUT2D eigenvalue weighted by Crippen LogP contribution is 2.28. The first-order chi connectivity index (χ1) is 13.6. The van der Waals surface area contributed by atoms with E-state index in [0.29, 0.717) is 17.8 Å². The molecule has 28 heavy (non-hydrogen) atoms. The van der Waals surface area contributed by atoms with Gasteiger partial charge in [-0.2, -0.15) is 0 Å². The SMILES string of the molecule is CCC1COc2c(C(=O)Nc3ccccc3)c(=O)n(-c3ccccc3)c(=O)n21. The van der Waals surface area contributed by atoms with Crippen LogP contribution in [0.3, 0.4) is 0 Å². The van der Waals surface area contributed by atoms with Crippen molar-refractivity contribution >= 4 is 11.6 Å². The number of nitrogens with one attached hydrogen (secondary N) is 1. The Balaban J connectivity index is 1.94. The highest BCUT2D eigenvalue weighted by atomic mass is 16.5. The van der Waals surface area contributed by atoms with Crippen LogP contribution in [0.25, 0.3) is 5.69 Å². The van der Waals surface area contributed by atoms with Crippen molar-refractivity contribution in [2.24, 2.45) is 0 Å². The molecule has 7 nitrogen and oxygen atoms in total. The van der Waals surface area contributed by atoms with E-state index in [2.05, 4.69) is 5.32 Å². The Morgan fingerprint density at radius 2 is 1.71 bits per heavy atom. The van der Waals surface area contributed by atoms with Crippen LogP contribution in [0, 0.1) is 0 Å². The van der Waals surface area contributed by atoms with Gasteiger partial charge in [-0.1, -0.05) is 43.3 Å². The summed E-state index contributed by atoms with van der Waals surface area (Å²) in [5.74, 6) is -0.580. The number of carbonyl (C=O) groups excluding carboxylic acids is 1. The second-order valence-corrected chi connectivity index (χ2v) is 6.50. The summed E-state index contributed by atoms with van der Waals surface area (Å²) in [7, 11) is 0. The lowest BCUT2D eigenvalue weighted by Crippen LogP contribution is -2.42. The monoisotopic (exact) mass is 377 g/mol. The second-order valence-electron chi connectivity index (χ2n) is 6.50. The predicted octanol–water partition coefficient (Wildman–Crippen LogP) is 2.60. The number of para-hydroxylation sites is 2. The average molecular weight is 377 g/mol. The summed E-state index contributed by atoms with van der Waals surface area (Å²) in [6, 6.07) is 17.2. The van der Waals surface area contributed by atoms with E-state index in [9.17, 15) is 14.4 Å². The minimum atomic E-state index is -0.701. The summed E-state index contributed by atoms with van der Waals surface area (Å²) in [4.78, 5) is 39.2. The molecule has 2 aromatic carbocycles. The normalized spacial score (nSPS) is 15.0. The zero-order valence-electron chi connectivity index (χ0n) is 15.3. The highest BCUT2D eigenvalue weighted by molar-refractivity contribution is 6.05. The van der Waals surface area contributed by atoms with Crippen molar-refractivity contribution in [3.05, 3.63) is 87.1 Å². The van der Waals surface area contributed by atoms with Crippen LogP contribution in [0.1, 0.15) is 29.7 Å². The standard InChI is InChI=1S/C21H19N3O4/c1-2-15-13-28-20-17(18(25)22-14-9-5-3-6-10-14)19(26)23(21(27)24(15)20)16-11-7-4-8-12-16/h3-12,15H,2,13H2,1H3,(H,22,25). The summed E-state index contributed by atoms with van der Waals surface area (Å²) in [5.41, 5.74) is -0.431. The van der Waals surface area contributed by atoms with Crippen molar-refractivity contribution in [3.8, 4) is 11.6 Å². The number of fused-ring (bicyclic) bond motifs is 1. The van der Waals surface area contributed by atoms with Crippen molar-refractivity contribution in [2.75, 3.05) is 11.9 Å². The van der Waals surface area contributed by atoms with Gasteiger partial charge in [-0.25, -0.2) is 9.36 Å². The van der Waals surface area contributed by atoms with Gasteiger partial charge in [0.15, 0.2) is 5.56 Å². The molecule has 1 aromatic heterocycles. The van der Waals surface area contributed by atoms with Crippen LogP contribution in [0.5, 0.6) is 5.88 Å². The van der Waals surface area contributed by atoms with Gasteiger partial charge in [0, 0.05) is 5.69 Å². The molecule has 3 aromatic rings. The molecule has 0 saturated carbocycles. The molecule has 1 aliphatic heterocycles. The van der Waals surface area contributed by atoms with E-state index < -0.39 is 17.2 Å². The third kappa shape index (κ3) is 2.90. The molecule has 0 radical (unpaired) electrons. The van der Waals surface area contributed by atoms with Crippen LogP contribution in [0.15, 0.2) is 70.3 Å². The number of aromatic nitrogens is 2. The topological polar surface area (TPSA) is 82.3 Å². The molecule has 0 aliphatic carbocycles. The molecule has 1 N–H and O–H groups in total. The number of nitrogens with zero attached hydrogens (tertiary/aromatic N) is 2. The van der Waals surface area contributed by atoms with Crippen LogP contribution in [-0.2, 0) is 0 Å². The zero-order chi connectivity index (χ0) is 19.7. The van der Waals surface area contributed by atoms with Gasteiger partial charge in [0.05, 0.1) is 11.7 Å². The van der Waals surface area contributed by atoms with Gasteiger partial charge >= 0.3 is 5.69 Å². The van der Waals surface area contributed by atoms with Crippen molar-refractivity contribution < 1.29 is 9.53 Å². The number of hydrogen-bond donors (Lipinski definition) is 1. The molecule has 4 rings (SSSR count). The number of amides is 1. The van der Waals surface area contributed by atoms with E-state index in [1.54, 1.807) is 54.6 Å². The molecule has 0 fully saturated rings. The largest absolute Gasteiger partial charge is 0.476 e. The Morgan fingerprint density at radius 1 is 1.07 bits per heavy atom. The van der Waals surface area contributed by atoms with Gasteiger partial charge in [-0.05, 0) is 30.7 Å². The van der Waals surface area contributed by atoms with Crippen LogP contribution in [-0.4, -0.2) is 21.6 Å². The van der Waals surface area contributed by atoms with Gasteiger partial charge in [-0.15, -0.1) is 0 Å². The van der Waals surface area contributed by atoms with E-state index >= 15 is 0 Å². The van der Waals surface area contributed by atoms with Gasteiger partial charge in [0.1, 0.15) is 6.61 Å². The van der Waals surface area contributed by atoms with Gasteiger partial charge in [0.25, 0.3) is 11.5 Å². The first-order valence-corrected chi connectivity index (χ1v) is 9.08. The minimum absolute atomic E-state index is 0.0301. The van der Waals surface area contributed by atoms with Crippen LogP contribution in [0.4, 0.5) is 5.69 Å². The van der Waals surface area contributed by atoms with E-state index in [4.69, 9.17) is 4.74 Å². The fraction of sp³-hybridized carbons (Fsp3) is 0.190. The van der Waals surface area contributed by atoms with Crippen molar-refractivity contribution in [3.63, 3.8) is 0 Å². The van der Waals surface area contributed by atoms with Crippen LogP contribution >= 0.6 is 0 Å². The van der Waals surface area contributed by atoms with Gasteiger partial charge in [-0.3, -0.25) is 14.2 Å². The third-order valence-corrected chi connectivity index (χ3v) is 4.77. The van der Waals surface area contributed by atoms with Crippen molar-refractivity contribution in [1.29, 1.82) is 0 Å². The summed E-state index contributed by atoms with van der Waals surface area (Å²) in [6.07, 6.45) is 0.639. The molecule has 142 valence electrons. The van der Waals surface area contributed by atoms with E-state index in [1.807, 2.05) is 13.0 Å². The zero-order valence-corrected chi connectivity index (χ0v) is 15.3. The lowest BCUT2D eigenvalue weighted by molar-refractivity contribution is 0.102. The smallest absolute Gasteiger partial charge is 0.338 e. The number of rotatable bonds is 4. The average Bonchev–Trinajstić information content (AvgIpc) is 3.14. The summed E-state index contributed by atoms with van der Waals surface area (Å²) < 4.78 is 8.07. The van der Waals surface area contributed by atoms with E-state index in [-0.39, 0.29) is 24.1 Å². The maximum atomic E-state index is 13.2. The van der Waals surface area contributed by atoms with Gasteiger partial charge in [0.2, 0.25) is 5.88 Å². The second kappa shape index (κ2) is 7.19. The first kappa shape index (κ1) is 17.8. The molecule has 0 saturated heterocycles. The fourth-order valence-electron chi connectivity index (χ4n) is 3.33. The molecule has 1 aliphatic rings. The molecule has 2 heterocycles. The first-order valence-electron chi connectivity index (χ1n) is 9.08. The lowest BCUT2D eigenvalue weighted by atomic mass is 10.2. The van der Waals surface area contributed by atoms with Crippen LogP contribution < -0.4 is 21.3 Å². The highest BCUT2D eigenvalue weighted by Gasteiger charge is 2.33. The maximum Gasteiger partial charge on any atom is 0.338 e. The number of benzene rings is 2. The Bertz CT molecular complexity index is 1130. The quantitative estimate of drug-likeness (QED) is 0.758. The Morgan fingerprint density at radius 3 is 2.36 bits per heavy atom. The third-order valence-electron chi connectivity index (χ3n) is 4.77. The summed E-state index contributed by atoms with van der Waals surface area (Å²) in [5, 5.41) is 2.71. The lowest BCUT2D eigenvalue weighted by Gasteiger charge is -2.15.